The first kappa shape index (κ1) is 22.9. The van der Waals surface area contributed by atoms with Crippen molar-refractivity contribution in [1.82, 2.24) is 10.0 Å². The summed E-state index contributed by atoms with van der Waals surface area (Å²) >= 11 is 0. The lowest BCUT2D eigenvalue weighted by molar-refractivity contribution is -0.120. The van der Waals surface area contributed by atoms with E-state index in [9.17, 15) is 13.2 Å². The van der Waals surface area contributed by atoms with Crippen molar-refractivity contribution in [2.75, 3.05) is 11.9 Å². The Kier molecular flexibility index (Phi) is 7.65. The SMILES string of the molecule is Cc1c(NC(=O)[C@H]2CCN[C@@H](C)C2)cccc1S(=O)(=O)NC(C)(C)C.Cl. The highest BCUT2D eigenvalue weighted by molar-refractivity contribution is 7.89. The summed E-state index contributed by atoms with van der Waals surface area (Å²) in [6.45, 7) is 9.99. The fourth-order valence-electron chi connectivity index (χ4n) is 3.10. The van der Waals surface area contributed by atoms with Gasteiger partial charge in [-0.1, -0.05) is 6.07 Å². The number of sulfonamides is 1. The average molecular weight is 404 g/mol. The number of amides is 1. The van der Waals surface area contributed by atoms with Gasteiger partial charge in [-0.3, -0.25) is 4.79 Å². The Bertz CT molecular complexity index is 745. The Morgan fingerprint density at radius 1 is 1.27 bits per heavy atom. The van der Waals surface area contributed by atoms with Crippen molar-refractivity contribution in [1.29, 1.82) is 0 Å². The van der Waals surface area contributed by atoms with Crippen LogP contribution in [0.5, 0.6) is 0 Å². The number of nitrogens with one attached hydrogen (secondary N) is 3. The fraction of sp³-hybridized carbons (Fsp3) is 0.611. The van der Waals surface area contributed by atoms with Crippen LogP contribution in [0.25, 0.3) is 0 Å². The molecule has 1 amide bonds. The predicted octanol–water partition coefficient (Wildman–Crippen LogP) is 2.82. The molecule has 148 valence electrons. The van der Waals surface area contributed by atoms with E-state index in [0.29, 0.717) is 17.3 Å². The molecule has 0 aliphatic carbocycles. The van der Waals surface area contributed by atoms with Gasteiger partial charge in [0, 0.05) is 23.2 Å². The number of carbonyl (C=O) groups is 1. The van der Waals surface area contributed by atoms with E-state index in [1.165, 1.54) is 0 Å². The number of piperidine rings is 1. The number of rotatable bonds is 4. The highest BCUT2D eigenvalue weighted by Crippen LogP contribution is 2.26. The summed E-state index contributed by atoms with van der Waals surface area (Å²) in [5, 5.41) is 6.24. The van der Waals surface area contributed by atoms with E-state index < -0.39 is 15.6 Å². The molecular formula is C18H30ClN3O3S. The molecular weight excluding hydrogens is 374 g/mol. The predicted molar refractivity (Wildman–Crippen MR) is 107 cm³/mol. The normalized spacial score (nSPS) is 21.0. The van der Waals surface area contributed by atoms with Crippen LogP contribution in [-0.4, -0.2) is 32.5 Å². The first-order valence-electron chi connectivity index (χ1n) is 8.67. The summed E-state index contributed by atoms with van der Waals surface area (Å²) in [7, 11) is -3.65. The molecule has 0 spiro atoms. The van der Waals surface area contributed by atoms with Crippen LogP contribution < -0.4 is 15.4 Å². The van der Waals surface area contributed by atoms with Crippen LogP contribution in [0.3, 0.4) is 0 Å². The standard InChI is InChI=1S/C18H29N3O3S.ClH/c1-12-11-14(9-10-19-12)17(22)20-15-7-6-8-16(13(15)2)25(23,24)21-18(3,4)5;/h6-8,12,14,19,21H,9-11H2,1-5H3,(H,20,22);1H/t12-,14-;/m0./s1. The molecule has 8 heteroatoms. The minimum absolute atomic E-state index is 0. The van der Waals surface area contributed by atoms with Gasteiger partial charge in [-0.15, -0.1) is 12.4 Å². The molecule has 3 N–H and O–H groups in total. The van der Waals surface area contributed by atoms with Gasteiger partial charge in [-0.2, -0.15) is 0 Å². The van der Waals surface area contributed by atoms with Gasteiger partial charge in [0.15, 0.2) is 0 Å². The summed E-state index contributed by atoms with van der Waals surface area (Å²) in [6, 6.07) is 5.28. The van der Waals surface area contributed by atoms with Crippen LogP contribution in [0.15, 0.2) is 23.1 Å². The minimum atomic E-state index is -3.65. The van der Waals surface area contributed by atoms with Crippen molar-refractivity contribution in [3.63, 3.8) is 0 Å². The molecule has 1 aliphatic heterocycles. The first-order valence-corrected chi connectivity index (χ1v) is 10.2. The van der Waals surface area contributed by atoms with E-state index >= 15 is 0 Å². The molecule has 1 aromatic rings. The molecule has 1 aromatic carbocycles. The Hall–Kier alpha value is -1.15. The second-order valence-corrected chi connectivity index (χ2v) is 9.50. The number of hydrogen-bond donors (Lipinski definition) is 3. The van der Waals surface area contributed by atoms with E-state index in [2.05, 4.69) is 22.3 Å². The summed E-state index contributed by atoms with van der Waals surface area (Å²) in [4.78, 5) is 12.7. The molecule has 26 heavy (non-hydrogen) atoms. The zero-order valence-corrected chi connectivity index (χ0v) is 17.7. The average Bonchev–Trinajstić information content (AvgIpc) is 2.46. The van der Waals surface area contributed by atoms with Crippen molar-refractivity contribution in [2.24, 2.45) is 5.92 Å². The van der Waals surface area contributed by atoms with Gasteiger partial charge in [-0.05, 0) is 71.7 Å². The number of hydrogen-bond acceptors (Lipinski definition) is 4. The molecule has 1 saturated heterocycles. The van der Waals surface area contributed by atoms with Crippen molar-refractivity contribution < 1.29 is 13.2 Å². The maximum absolute atomic E-state index is 12.6. The molecule has 1 aliphatic rings. The van der Waals surface area contributed by atoms with E-state index in [0.717, 1.165) is 19.4 Å². The van der Waals surface area contributed by atoms with Crippen LogP contribution >= 0.6 is 12.4 Å². The van der Waals surface area contributed by atoms with E-state index in [1.54, 1.807) is 45.9 Å². The molecule has 1 fully saturated rings. The molecule has 1 heterocycles. The van der Waals surface area contributed by atoms with E-state index in [1.807, 2.05) is 0 Å². The lowest BCUT2D eigenvalue weighted by Gasteiger charge is -2.27. The summed E-state index contributed by atoms with van der Waals surface area (Å²) < 4.78 is 27.9. The van der Waals surface area contributed by atoms with Crippen molar-refractivity contribution >= 4 is 34.0 Å². The van der Waals surface area contributed by atoms with Crippen molar-refractivity contribution in [3.8, 4) is 0 Å². The third-order valence-corrected chi connectivity index (χ3v) is 6.17. The molecule has 0 saturated carbocycles. The fourth-order valence-corrected chi connectivity index (χ4v) is 4.79. The van der Waals surface area contributed by atoms with Crippen LogP contribution in [0.1, 0.15) is 46.1 Å². The largest absolute Gasteiger partial charge is 0.326 e. The smallest absolute Gasteiger partial charge is 0.241 e. The van der Waals surface area contributed by atoms with Crippen LogP contribution in [0, 0.1) is 12.8 Å². The lowest BCUT2D eigenvalue weighted by atomic mass is 9.92. The van der Waals surface area contributed by atoms with Crippen LogP contribution in [0.4, 0.5) is 5.69 Å². The Balaban J connectivity index is 0.00000338. The van der Waals surface area contributed by atoms with Gasteiger partial charge in [0.2, 0.25) is 15.9 Å². The van der Waals surface area contributed by atoms with Gasteiger partial charge in [0.25, 0.3) is 0 Å². The lowest BCUT2D eigenvalue weighted by Crippen LogP contribution is -2.41. The molecule has 0 radical (unpaired) electrons. The van der Waals surface area contributed by atoms with Crippen molar-refractivity contribution in [3.05, 3.63) is 23.8 Å². The number of halogens is 1. The van der Waals surface area contributed by atoms with Gasteiger partial charge in [-0.25, -0.2) is 13.1 Å². The van der Waals surface area contributed by atoms with Gasteiger partial charge in [0.1, 0.15) is 0 Å². The second-order valence-electron chi connectivity index (χ2n) is 7.85. The number of anilines is 1. The third-order valence-electron chi connectivity index (χ3n) is 4.27. The molecule has 6 nitrogen and oxygen atoms in total. The highest BCUT2D eigenvalue weighted by Gasteiger charge is 2.27. The minimum Gasteiger partial charge on any atom is -0.326 e. The zero-order chi connectivity index (χ0) is 18.8. The monoisotopic (exact) mass is 403 g/mol. The summed E-state index contributed by atoms with van der Waals surface area (Å²) in [5.74, 6) is -0.0987. The van der Waals surface area contributed by atoms with Crippen LogP contribution in [0.2, 0.25) is 0 Å². The second kappa shape index (κ2) is 8.69. The third kappa shape index (κ3) is 5.94. The maximum atomic E-state index is 12.6. The molecule has 2 rings (SSSR count). The highest BCUT2D eigenvalue weighted by atomic mass is 35.5. The maximum Gasteiger partial charge on any atom is 0.241 e. The van der Waals surface area contributed by atoms with E-state index in [-0.39, 0.29) is 29.1 Å². The Morgan fingerprint density at radius 3 is 2.50 bits per heavy atom. The number of benzene rings is 1. The molecule has 0 aromatic heterocycles. The molecule has 0 bridgehead atoms. The quantitative estimate of drug-likeness (QED) is 0.721. The van der Waals surface area contributed by atoms with Gasteiger partial charge < -0.3 is 10.6 Å². The summed E-state index contributed by atoms with van der Waals surface area (Å²) in [5.41, 5.74) is 0.526. The summed E-state index contributed by atoms with van der Waals surface area (Å²) in [6.07, 6.45) is 1.58. The topological polar surface area (TPSA) is 87.3 Å². The van der Waals surface area contributed by atoms with Gasteiger partial charge in [0.05, 0.1) is 4.90 Å². The van der Waals surface area contributed by atoms with Crippen LogP contribution in [-0.2, 0) is 14.8 Å². The Morgan fingerprint density at radius 2 is 1.92 bits per heavy atom. The first-order chi connectivity index (χ1) is 11.5. The molecule has 0 unspecified atom stereocenters. The number of carbonyl (C=O) groups excluding carboxylic acids is 1. The van der Waals surface area contributed by atoms with Crippen molar-refractivity contribution in [2.45, 2.75) is 63.9 Å². The van der Waals surface area contributed by atoms with Gasteiger partial charge >= 0.3 is 0 Å². The zero-order valence-electron chi connectivity index (χ0n) is 16.0. The molecule has 2 atom stereocenters. The Labute approximate surface area is 163 Å². The van der Waals surface area contributed by atoms with E-state index in [4.69, 9.17) is 0 Å².